The first-order valence-electron chi connectivity index (χ1n) is 20.5. The van der Waals surface area contributed by atoms with E-state index < -0.39 is 28.8 Å². The summed E-state index contributed by atoms with van der Waals surface area (Å²) < 4.78 is 87.5. The van der Waals surface area contributed by atoms with Crippen molar-refractivity contribution in [2.45, 2.75) is 51.0 Å². The van der Waals surface area contributed by atoms with Gasteiger partial charge in [-0.3, -0.25) is 9.89 Å². The molecule has 0 saturated carbocycles. The average molecular weight is 876 g/mol. The molecule has 11 nitrogen and oxygen atoms in total. The summed E-state index contributed by atoms with van der Waals surface area (Å²) in [4.78, 5) is 17.3. The number of aromatic nitrogens is 1. The highest BCUT2D eigenvalue weighted by atomic mass is 35.5. The van der Waals surface area contributed by atoms with Gasteiger partial charge >= 0.3 is 12.1 Å². The zero-order valence-corrected chi connectivity index (χ0v) is 36.2. The van der Waals surface area contributed by atoms with Crippen molar-refractivity contribution in [1.29, 1.82) is 0 Å². The summed E-state index contributed by atoms with van der Waals surface area (Å²) in [5.41, 5.74) is -0.0737. The SMILES string of the molecule is C=C1CN2CCC[C@@]2(COC2=CN(CCN(C)C)C3=c4c(c(F)c(-c5nc(N(Cc6ccc(OC)cc6)Cc6ccc(OC)cc6)cc(C)c5C(F)(F)F)c(Cl)c4=NCN3)O2)C1. The molecule has 0 radical (unpaired) electrons. The normalized spacial score (nSPS) is 18.4. The third-order valence-electron chi connectivity index (χ3n) is 11.9. The van der Waals surface area contributed by atoms with Crippen LogP contribution >= 0.6 is 11.6 Å². The van der Waals surface area contributed by atoms with Crippen molar-refractivity contribution >= 4 is 23.2 Å². The van der Waals surface area contributed by atoms with Gasteiger partial charge < -0.3 is 39.0 Å². The van der Waals surface area contributed by atoms with Gasteiger partial charge in [0.25, 0.3) is 0 Å². The van der Waals surface area contributed by atoms with Crippen LogP contribution in [0.4, 0.5) is 23.4 Å². The first-order valence-corrected chi connectivity index (χ1v) is 20.8. The molecule has 0 spiro atoms. The van der Waals surface area contributed by atoms with Gasteiger partial charge in [-0.2, -0.15) is 13.2 Å². The lowest BCUT2D eigenvalue weighted by atomic mass is 9.94. The molecule has 1 N–H and O–H groups in total. The number of nitrogens with zero attached hydrogens (tertiary/aromatic N) is 6. The quantitative estimate of drug-likeness (QED) is 0.104. The fourth-order valence-corrected chi connectivity index (χ4v) is 9.18. The zero-order chi connectivity index (χ0) is 43.9. The van der Waals surface area contributed by atoms with Crippen molar-refractivity contribution < 1.29 is 36.5 Å². The van der Waals surface area contributed by atoms with Gasteiger partial charge in [0.2, 0.25) is 0 Å². The highest BCUT2D eigenvalue weighted by Gasteiger charge is 2.47. The lowest BCUT2D eigenvalue weighted by molar-refractivity contribution is -0.137. The van der Waals surface area contributed by atoms with Gasteiger partial charge in [-0.15, -0.1) is 0 Å². The van der Waals surface area contributed by atoms with Crippen molar-refractivity contribution in [3.05, 3.63) is 123 Å². The summed E-state index contributed by atoms with van der Waals surface area (Å²) in [5.74, 6) is 0.389. The number of fused-ring (bicyclic) bond motifs is 1. The number of benzene rings is 3. The minimum Gasteiger partial charge on any atom is -0.497 e. The number of anilines is 1. The number of aryl methyl sites for hydroxylation is 1. The Balaban J connectivity index is 1.29. The molecule has 1 atom stereocenters. The van der Waals surface area contributed by atoms with E-state index in [0.29, 0.717) is 30.4 Å². The molecule has 2 saturated heterocycles. The Morgan fingerprint density at radius 3 is 2.29 bits per heavy atom. The van der Waals surface area contributed by atoms with Gasteiger partial charge in [0.15, 0.2) is 11.6 Å². The molecule has 16 heteroatoms. The molecule has 62 heavy (non-hydrogen) atoms. The van der Waals surface area contributed by atoms with Gasteiger partial charge in [0.1, 0.15) is 36.4 Å². The van der Waals surface area contributed by atoms with Crippen molar-refractivity contribution in [1.82, 2.24) is 25.0 Å². The predicted octanol–water partition coefficient (Wildman–Crippen LogP) is 7.20. The molecule has 5 heterocycles. The lowest BCUT2D eigenvalue weighted by Crippen LogP contribution is -2.45. The Hall–Kier alpha value is -5.51. The molecular formula is C46H50ClF4N7O4. The van der Waals surface area contributed by atoms with Crippen LogP contribution in [0.1, 0.15) is 41.5 Å². The number of alkyl halides is 3. The Morgan fingerprint density at radius 2 is 1.68 bits per heavy atom. The highest BCUT2D eigenvalue weighted by molar-refractivity contribution is 6.33. The molecule has 4 aromatic rings. The summed E-state index contributed by atoms with van der Waals surface area (Å²) in [5, 5.41) is 3.18. The van der Waals surface area contributed by atoms with Gasteiger partial charge in [-0.25, -0.2) is 9.37 Å². The van der Waals surface area contributed by atoms with Crippen molar-refractivity contribution in [3.8, 4) is 28.5 Å². The Kier molecular flexibility index (Phi) is 12.1. The zero-order valence-electron chi connectivity index (χ0n) is 35.5. The van der Waals surface area contributed by atoms with E-state index in [4.69, 9.17) is 30.5 Å². The first kappa shape index (κ1) is 43.2. The topological polar surface area (TPSA) is 87.2 Å². The van der Waals surface area contributed by atoms with E-state index in [1.54, 1.807) is 44.7 Å². The number of pyridine rings is 1. The van der Waals surface area contributed by atoms with Crippen molar-refractivity contribution in [2.75, 3.05) is 72.7 Å². The molecule has 2 fully saturated rings. The fourth-order valence-electron chi connectivity index (χ4n) is 8.85. The van der Waals surface area contributed by atoms with Crippen molar-refractivity contribution in [2.24, 2.45) is 4.99 Å². The molecule has 3 aromatic carbocycles. The standard InChI is InChI=1S/C46H50ClF4N7O4/c1-28-21-45(16-7-17-58(45)22-28)26-61-35-25-56(19-18-55(3)4)44-37-42(52-27-53-44)39(47)36(40(48)43(37)62-35)41-38(46(49,50)51)29(2)20-34(54-41)57(23-30-8-12-32(59-5)13-9-30)24-31-10-14-33(60-6)15-11-31/h8-15,20,25,53H,1,7,16-19,21-24,26-27H2,2-6H3/t45-/m0/s1. The second-order valence-electron chi connectivity index (χ2n) is 16.5. The molecule has 328 valence electrons. The maximum atomic E-state index is 17.8. The van der Waals surface area contributed by atoms with Crippen LogP contribution in [0.3, 0.4) is 0 Å². The number of likely N-dealkylation sites (N-methyl/N-ethyl adjacent to an activating group) is 1. The molecule has 8 rings (SSSR count). The van der Waals surface area contributed by atoms with Gasteiger partial charge in [0, 0.05) is 32.7 Å². The Labute approximate surface area is 363 Å². The average Bonchev–Trinajstić information content (AvgIpc) is 3.71. The summed E-state index contributed by atoms with van der Waals surface area (Å²) in [6.45, 7) is 9.02. The first-order chi connectivity index (χ1) is 29.7. The summed E-state index contributed by atoms with van der Waals surface area (Å²) >= 11 is 7.13. The van der Waals surface area contributed by atoms with E-state index >= 15 is 17.6 Å². The van der Waals surface area contributed by atoms with Crippen LogP contribution in [0.15, 0.2) is 83.9 Å². The lowest BCUT2D eigenvalue weighted by Gasteiger charge is -2.31. The molecular weight excluding hydrogens is 826 g/mol. The monoisotopic (exact) mass is 875 g/mol. The van der Waals surface area contributed by atoms with E-state index in [1.807, 2.05) is 53.1 Å². The number of nitrogens with one attached hydrogen (secondary N) is 1. The van der Waals surface area contributed by atoms with Crippen LogP contribution in [0, 0.1) is 12.7 Å². The molecule has 1 aromatic heterocycles. The molecule has 0 aliphatic carbocycles. The largest absolute Gasteiger partial charge is 0.497 e. The van der Waals surface area contributed by atoms with E-state index in [2.05, 4.69) is 26.8 Å². The van der Waals surface area contributed by atoms with Gasteiger partial charge in [-0.1, -0.05) is 48.0 Å². The van der Waals surface area contributed by atoms with Crippen LogP contribution in [0.2, 0.25) is 5.02 Å². The number of hydrogen-bond donors (Lipinski definition) is 1. The van der Waals surface area contributed by atoms with E-state index in [9.17, 15) is 0 Å². The molecule has 0 unspecified atom stereocenters. The third kappa shape index (κ3) is 8.49. The van der Waals surface area contributed by atoms with Gasteiger partial charge in [0.05, 0.1) is 58.4 Å². The number of methoxy groups -OCH3 is 2. The predicted molar refractivity (Wildman–Crippen MR) is 230 cm³/mol. The molecule has 4 aliphatic rings. The summed E-state index contributed by atoms with van der Waals surface area (Å²) in [7, 11) is 7.00. The fraction of sp³-hybridized carbons (Fsp3) is 0.391. The number of rotatable bonds is 14. The maximum Gasteiger partial charge on any atom is 0.418 e. The second-order valence-corrected chi connectivity index (χ2v) is 16.9. The Bertz CT molecular complexity index is 2470. The Morgan fingerprint density at radius 1 is 1.02 bits per heavy atom. The second kappa shape index (κ2) is 17.3. The van der Waals surface area contributed by atoms with Crippen LogP contribution < -0.4 is 35.0 Å². The van der Waals surface area contributed by atoms with Crippen molar-refractivity contribution in [3.63, 3.8) is 0 Å². The highest BCUT2D eigenvalue weighted by Crippen LogP contribution is 2.45. The van der Waals surface area contributed by atoms with Crippen LogP contribution in [0.25, 0.3) is 17.1 Å². The number of hydrogen-bond acceptors (Lipinski definition) is 11. The maximum absolute atomic E-state index is 17.8. The number of ether oxygens (including phenoxy) is 4. The van der Waals surface area contributed by atoms with Gasteiger partial charge in [-0.05, 0) is 93.8 Å². The minimum absolute atomic E-state index is 0.0142. The smallest absolute Gasteiger partial charge is 0.418 e. The summed E-state index contributed by atoms with van der Waals surface area (Å²) in [6, 6.07) is 16.1. The van der Waals surface area contributed by atoms with Crippen LogP contribution in [-0.2, 0) is 24.0 Å². The van der Waals surface area contributed by atoms with Crippen LogP contribution in [0.5, 0.6) is 17.2 Å². The molecule has 0 amide bonds. The summed E-state index contributed by atoms with van der Waals surface area (Å²) in [6.07, 6.45) is -0.637. The van der Waals surface area contributed by atoms with E-state index in [0.717, 1.165) is 49.1 Å². The molecule has 4 aliphatic heterocycles. The van der Waals surface area contributed by atoms with E-state index in [1.165, 1.54) is 13.0 Å². The third-order valence-corrected chi connectivity index (χ3v) is 12.3. The molecule has 0 bridgehead atoms. The van der Waals surface area contributed by atoms with E-state index in [-0.39, 0.29) is 70.6 Å². The minimum atomic E-state index is -4.95. The van der Waals surface area contributed by atoms with Crippen LogP contribution in [-0.4, -0.2) is 93.0 Å². The number of halogens is 5.